The molecule has 0 amide bonds. The molecule has 0 aliphatic heterocycles. The molecule has 0 fully saturated rings. The van der Waals surface area contributed by atoms with E-state index < -0.39 is 0 Å². The van der Waals surface area contributed by atoms with Gasteiger partial charge in [-0.2, -0.15) is 0 Å². The van der Waals surface area contributed by atoms with Gasteiger partial charge in [0, 0.05) is 5.54 Å². The van der Waals surface area contributed by atoms with Crippen molar-refractivity contribution in [2.45, 2.75) is 175 Å². The number of hydrogen-bond acceptors (Lipinski definition) is 1. The van der Waals surface area contributed by atoms with Gasteiger partial charge in [-0.05, 0) is 39.8 Å². The summed E-state index contributed by atoms with van der Waals surface area (Å²) in [6, 6.07) is 0. The maximum atomic E-state index is 2.67. The maximum Gasteiger partial charge on any atom is 0.0150 e. The van der Waals surface area contributed by atoms with Crippen LogP contribution in [0.4, 0.5) is 0 Å². The molecule has 0 aromatic heterocycles. The number of rotatable bonds is 24. The van der Waals surface area contributed by atoms with Crippen LogP contribution in [0.2, 0.25) is 0 Å². The smallest absolute Gasteiger partial charge is 0.0150 e. The first kappa shape index (κ1) is 30.0. The van der Waals surface area contributed by atoms with Gasteiger partial charge in [-0.3, -0.25) is 4.90 Å². The summed E-state index contributed by atoms with van der Waals surface area (Å²) in [6.45, 7) is 14.2. The third kappa shape index (κ3) is 18.7. The Morgan fingerprint density at radius 2 is 0.733 bits per heavy atom. The number of nitrogens with zero attached hydrogens (tertiary/aromatic N) is 1. The van der Waals surface area contributed by atoms with Crippen LogP contribution in [0.3, 0.4) is 0 Å². The van der Waals surface area contributed by atoms with Crippen LogP contribution in [0, 0.1) is 0 Å². The van der Waals surface area contributed by atoms with Crippen LogP contribution in [0.5, 0.6) is 0 Å². The molecule has 182 valence electrons. The first-order valence-corrected chi connectivity index (χ1v) is 14.3. The fourth-order valence-corrected chi connectivity index (χ4v) is 4.67. The van der Waals surface area contributed by atoms with Crippen LogP contribution in [0.15, 0.2) is 0 Å². The Labute approximate surface area is 193 Å². The average molecular weight is 424 g/mol. The molecule has 0 saturated heterocycles. The molecule has 0 aromatic carbocycles. The van der Waals surface area contributed by atoms with E-state index in [1.165, 1.54) is 148 Å². The van der Waals surface area contributed by atoms with Crippen LogP contribution in [-0.2, 0) is 0 Å². The van der Waals surface area contributed by atoms with E-state index in [4.69, 9.17) is 0 Å². The molecule has 30 heavy (non-hydrogen) atoms. The second kappa shape index (κ2) is 22.2. The Kier molecular flexibility index (Phi) is 22.1. The highest BCUT2D eigenvalue weighted by Gasteiger charge is 2.22. The van der Waals surface area contributed by atoms with Crippen LogP contribution in [-0.4, -0.2) is 23.5 Å². The van der Waals surface area contributed by atoms with Gasteiger partial charge < -0.3 is 0 Å². The number of hydrogen-bond donors (Lipinski definition) is 0. The minimum absolute atomic E-state index is 0.378. The highest BCUT2D eigenvalue weighted by molar-refractivity contribution is 4.78. The lowest BCUT2D eigenvalue weighted by Crippen LogP contribution is -2.43. The van der Waals surface area contributed by atoms with Gasteiger partial charge in [-0.25, -0.2) is 0 Å². The van der Waals surface area contributed by atoms with Crippen molar-refractivity contribution in [2.75, 3.05) is 13.1 Å². The monoisotopic (exact) mass is 423 g/mol. The summed E-state index contributed by atoms with van der Waals surface area (Å²) in [7, 11) is 0. The molecule has 0 saturated carbocycles. The summed E-state index contributed by atoms with van der Waals surface area (Å²) in [6.07, 6.45) is 30.5. The molecule has 0 aromatic rings. The van der Waals surface area contributed by atoms with Gasteiger partial charge in [0.1, 0.15) is 0 Å². The Morgan fingerprint density at radius 3 is 1.00 bits per heavy atom. The Morgan fingerprint density at radius 1 is 0.433 bits per heavy atom. The highest BCUT2D eigenvalue weighted by Crippen LogP contribution is 2.19. The fraction of sp³-hybridized carbons (Fsp3) is 1.00. The molecule has 0 N–H and O–H groups in total. The zero-order valence-corrected chi connectivity index (χ0v) is 22.2. The van der Waals surface area contributed by atoms with E-state index in [1.807, 2.05) is 0 Å². The van der Waals surface area contributed by atoms with Crippen molar-refractivity contribution in [1.29, 1.82) is 0 Å². The van der Waals surface area contributed by atoms with E-state index in [0.717, 1.165) is 0 Å². The van der Waals surface area contributed by atoms with Crippen molar-refractivity contribution in [2.24, 2.45) is 0 Å². The zero-order valence-electron chi connectivity index (χ0n) is 22.2. The van der Waals surface area contributed by atoms with E-state index in [1.54, 1.807) is 0 Å². The lowest BCUT2D eigenvalue weighted by atomic mass is 9.98. The van der Waals surface area contributed by atoms with Crippen LogP contribution in [0.25, 0.3) is 0 Å². The largest absolute Gasteiger partial charge is 0.298 e. The maximum absolute atomic E-state index is 2.67. The summed E-state index contributed by atoms with van der Waals surface area (Å²) in [5.41, 5.74) is 0.378. The zero-order chi connectivity index (χ0) is 22.3. The molecule has 1 nitrogen and oxygen atoms in total. The first-order chi connectivity index (χ1) is 14.6. The van der Waals surface area contributed by atoms with Crippen molar-refractivity contribution in [3.63, 3.8) is 0 Å². The van der Waals surface area contributed by atoms with Gasteiger partial charge >= 0.3 is 0 Å². The van der Waals surface area contributed by atoms with Gasteiger partial charge in [0.2, 0.25) is 0 Å². The number of unbranched alkanes of at least 4 members (excludes halogenated alkanes) is 19. The molecule has 0 radical (unpaired) electrons. The molecular weight excluding hydrogens is 362 g/mol. The van der Waals surface area contributed by atoms with Crippen molar-refractivity contribution in [1.82, 2.24) is 4.90 Å². The topological polar surface area (TPSA) is 3.24 Å². The van der Waals surface area contributed by atoms with E-state index in [0.29, 0.717) is 5.54 Å². The second-order valence-electron chi connectivity index (χ2n) is 10.5. The quantitative estimate of drug-likeness (QED) is 0.139. The molecular formula is C29H61N. The Bertz CT molecular complexity index is 322. The Balaban J connectivity index is 3.21. The van der Waals surface area contributed by atoms with Gasteiger partial charge in [0.05, 0.1) is 0 Å². The SMILES string of the molecule is CCCCCCCCCCCCCCCCCCCCCCN(CC)C(C)(C)CC. The minimum Gasteiger partial charge on any atom is -0.298 e. The normalized spacial score (nSPS) is 12.2. The molecule has 0 atom stereocenters. The van der Waals surface area contributed by atoms with Gasteiger partial charge in [0.25, 0.3) is 0 Å². The highest BCUT2D eigenvalue weighted by atomic mass is 15.2. The van der Waals surface area contributed by atoms with Crippen molar-refractivity contribution in [3.05, 3.63) is 0 Å². The van der Waals surface area contributed by atoms with Crippen LogP contribution < -0.4 is 0 Å². The summed E-state index contributed by atoms with van der Waals surface area (Å²) in [5, 5.41) is 0. The van der Waals surface area contributed by atoms with E-state index in [-0.39, 0.29) is 0 Å². The molecule has 0 aliphatic carbocycles. The molecule has 0 spiro atoms. The molecule has 0 rings (SSSR count). The third-order valence-electron chi connectivity index (χ3n) is 7.38. The summed E-state index contributed by atoms with van der Waals surface area (Å²) in [5.74, 6) is 0. The van der Waals surface area contributed by atoms with Crippen molar-refractivity contribution < 1.29 is 0 Å². The van der Waals surface area contributed by atoms with Gasteiger partial charge in [-0.1, -0.05) is 143 Å². The molecule has 0 aliphatic rings. The Hall–Kier alpha value is -0.0400. The first-order valence-electron chi connectivity index (χ1n) is 14.3. The lowest BCUT2D eigenvalue weighted by molar-refractivity contribution is 0.120. The second-order valence-corrected chi connectivity index (χ2v) is 10.5. The molecule has 0 bridgehead atoms. The third-order valence-corrected chi connectivity index (χ3v) is 7.38. The predicted molar refractivity (Wildman–Crippen MR) is 140 cm³/mol. The average Bonchev–Trinajstić information content (AvgIpc) is 2.74. The van der Waals surface area contributed by atoms with Gasteiger partial charge in [-0.15, -0.1) is 0 Å². The van der Waals surface area contributed by atoms with Crippen LogP contribution >= 0.6 is 0 Å². The summed E-state index contributed by atoms with van der Waals surface area (Å²) >= 11 is 0. The van der Waals surface area contributed by atoms with Crippen molar-refractivity contribution in [3.8, 4) is 0 Å². The van der Waals surface area contributed by atoms with E-state index in [9.17, 15) is 0 Å². The standard InChI is InChI=1S/C29H61N/c1-6-9-10-11-12-13-14-15-16-17-18-19-20-21-22-23-24-25-26-27-28-30(8-3)29(4,5)7-2/h6-28H2,1-5H3. The van der Waals surface area contributed by atoms with E-state index >= 15 is 0 Å². The summed E-state index contributed by atoms with van der Waals surface area (Å²) in [4.78, 5) is 2.67. The lowest BCUT2D eigenvalue weighted by Gasteiger charge is -2.37. The molecule has 1 heteroatoms. The molecule has 0 heterocycles. The fourth-order valence-electron chi connectivity index (χ4n) is 4.67. The minimum atomic E-state index is 0.378. The van der Waals surface area contributed by atoms with E-state index in [2.05, 4.69) is 39.5 Å². The van der Waals surface area contributed by atoms with Gasteiger partial charge in [0.15, 0.2) is 0 Å². The van der Waals surface area contributed by atoms with Crippen LogP contribution in [0.1, 0.15) is 169 Å². The predicted octanol–water partition coefficient (Wildman–Crippen LogP) is 10.3. The molecule has 0 unspecified atom stereocenters. The summed E-state index contributed by atoms with van der Waals surface area (Å²) < 4.78 is 0. The van der Waals surface area contributed by atoms with Crippen molar-refractivity contribution >= 4 is 0 Å².